The van der Waals surface area contributed by atoms with Crippen molar-refractivity contribution in [2.75, 3.05) is 0 Å². The highest BCUT2D eigenvalue weighted by atomic mass is 16.1. The lowest BCUT2D eigenvalue weighted by molar-refractivity contribution is -0.116. The average molecular weight is 229 g/mol. The molecular weight excluding hydrogens is 210 g/mol. The number of carbonyl (C=O) groups is 1. The van der Waals surface area contributed by atoms with Crippen LogP contribution in [-0.2, 0) is 17.8 Å². The van der Waals surface area contributed by atoms with E-state index in [2.05, 4.69) is 35.9 Å². The average Bonchev–Trinajstić information content (AvgIpc) is 2.65. The number of unbranched alkanes of at least 4 members (excludes halogenated alkanes) is 1. The van der Waals surface area contributed by atoms with Gasteiger partial charge in [-0.25, -0.2) is 0 Å². The van der Waals surface area contributed by atoms with Crippen molar-refractivity contribution in [1.29, 1.82) is 0 Å². The molecule has 2 heteroatoms. The highest BCUT2D eigenvalue weighted by molar-refractivity contribution is 5.89. The lowest BCUT2D eigenvalue weighted by Gasteiger charge is -2.02. The van der Waals surface area contributed by atoms with E-state index in [0.29, 0.717) is 6.42 Å². The van der Waals surface area contributed by atoms with Crippen LogP contribution in [0.3, 0.4) is 0 Å². The van der Waals surface area contributed by atoms with Gasteiger partial charge in [0.25, 0.3) is 0 Å². The van der Waals surface area contributed by atoms with Crippen LogP contribution in [0.15, 0.2) is 30.5 Å². The van der Waals surface area contributed by atoms with Gasteiger partial charge in [0.05, 0.1) is 0 Å². The molecule has 0 N–H and O–H groups in total. The highest BCUT2D eigenvalue weighted by Gasteiger charge is 2.08. The quantitative estimate of drug-likeness (QED) is 0.768. The normalized spacial score (nSPS) is 10.9. The molecule has 1 heterocycles. The van der Waals surface area contributed by atoms with Gasteiger partial charge in [-0.3, -0.25) is 4.79 Å². The van der Waals surface area contributed by atoms with Gasteiger partial charge >= 0.3 is 0 Å². The van der Waals surface area contributed by atoms with Gasteiger partial charge in [-0.05, 0) is 25.0 Å². The minimum atomic E-state index is 0.225. The number of aromatic nitrogens is 1. The summed E-state index contributed by atoms with van der Waals surface area (Å²) in [4.78, 5) is 11.3. The number of carbonyl (C=O) groups excluding carboxylic acids is 1. The molecule has 1 aromatic heterocycles. The van der Waals surface area contributed by atoms with Crippen molar-refractivity contribution in [2.45, 2.75) is 39.7 Å². The van der Waals surface area contributed by atoms with E-state index in [0.717, 1.165) is 12.1 Å². The summed E-state index contributed by atoms with van der Waals surface area (Å²) in [5, 5.41) is 1.22. The third-order valence-corrected chi connectivity index (χ3v) is 3.06. The van der Waals surface area contributed by atoms with E-state index in [1.165, 1.54) is 23.7 Å². The second kappa shape index (κ2) is 5.17. The molecule has 2 rings (SSSR count). The molecule has 0 saturated carbocycles. The van der Waals surface area contributed by atoms with Gasteiger partial charge in [0.2, 0.25) is 0 Å². The molecule has 0 aliphatic rings. The van der Waals surface area contributed by atoms with Gasteiger partial charge in [0, 0.05) is 30.1 Å². The molecule has 0 spiro atoms. The Morgan fingerprint density at radius 2 is 2.06 bits per heavy atom. The van der Waals surface area contributed by atoms with Crippen LogP contribution in [0, 0.1) is 0 Å². The summed E-state index contributed by atoms with van der Waals surface area (Å²) in [6, 6.07) is 8.34. The summed E-state index contributed by atoms with van der Waals surface area (Å²) < 4.78 is 2.27. The molecule has 0 unspecified atom stereocenters. The molecule has 0 amide bonds. The van der Waals surface area contributed by atoms with E-state index >= 15 is 0 Å². The topological polar surface area (TPSA) is 22.0 Å². The maximum Gasteiger partial charge on any atom is 0.134 e. The first kappa shape index (κ1) is 11.9. The number of aryl methyl sites for hydroxylation is 1. The van der Waals surface area contributed by atoms with Gasteiger partial charge in [0.15, 0.2) is 0 Å². The number of rotatable bonds is 5. The molecule has 2 nitrogen and oxygen atoms in total. The predicted molar refractivity (Wildman–Crippen MR) is 71.2 cm³/mol. The molecule has 90 valence electrons. The van der Waals surface area contributed by atoms with Crippen molar-refractivity contribution in [1.82, 2.24) is 4.57 Å². The number of ketones is 1. The van der Waals surface area contributed by atoms with Crippen molar-refractivity contribution in [2.24, 2.45) is 0 Å². The third kappa shape index (κ3) is 2.57. The van der Waals surface area contributed by atoms with Crippen molar-refractivity contribution in [3.05, 3.63) is 36.0 Å². The highest BCUT2D eigenvalue weighted by Crippen LogP contribution is 2.22. The first-order chi connectivity index (χ1) is 8.22. The maximum atomic E-state index is 11.3. The fourth-order valence-electron chi connectivity index (χ4n) is 2.25. The van der Waals surface area contributed by atoms with Crippen LogP contribution in [0.2, 0.25) is 0 Å². The largest absolute Gasteiger partial charge is 0.347 e. The number of nitrogens with zero attached hydrogens (tertiary/aromatic N) is 1. The van der Waals surface area contributed by atoms with Gasteiger partial charge in [0.1, 0.15) is 5.78 Å². The minimum Gasteiger partial charge on any atom is -0.347 e. The molecule has 0 saturated heterocycles. The van der Waals surface area contributed by atoms with Crippen LogP contribution in [0.5, 0.6) is 0 Å². The van der Waals surface area contributed by atoms with Crippen molar-refractivity contribution < 1.29 is 4.79 Å². The lowest BCUT2D eigenvalue weighted by atomic mass is 10.1. The van der Waals surface area contributed by atoms with Crippen LogP contribution >= 0.6 is 0 Å². The number of fused-ring (bicyclic) bond motifs is 1. The van der Waals surface area contributed by atoms with Crippen molar-refractivity contribution >= 4 is 16.7 Å². The Morgan fingerprint density at radius 1 is 1.29 bits per heavy atom. The minimum absolute atomic E-state index is 0.225. The second-order valence-corrected chi connectivity index (χ2v) is 4.60. The predicted octanol–water partition coefficient (Wildman–Crippen LogP) is 3.57. The fourth-order valence-corrected chi connectivity index (χ4v) is 2.25. The molecule has 2 aromatic rings. The number of Topliss-reactive ketones (excluding diaryl/α,β-unsaturated/α-hetero) is 1. The monoisotopic (exact) mass is 229 g/mol. The lowest BCUT2D eigenvalue weighted by Crippen LogP contribution is -1.96. The van der Waals surface area contributed by atoms with Crippen LogP contribution in [0.1, 0.15) is 32.3 Å². The molecule has 0 fully saturated rings. The van der Waals surface area contributed by atoms with E-state index in [1.54, 1.807) is 6.92 Å². The Bertz CT molecular complexity index is 525. The molecular formula is C15H19NO. The van der Waals surface area contributed by atoms with Crippen molar-refractivity contribution in [3.8, 4) is 0 Å². The van der Waals surface area contributed by atoms with E-state index in [1.807, 2.05) is 6.07 Å². The summed E-state index contributed by atoms with van der Waals surface area (Å²) in [6.07, 6.45) is 5.05. The first-order valence-corrected chi connectivity index (χ1v) is 6.28. The first-order valence-electron chi connectivity index (χ1n) is 6.28. The second-order valence-electron chi connectivity index (χ2n) is 4.60. The van der Waals surface area contributed by atoms with Gasteiger partial charge in [-0.1, -0.05) is 31.5 Å². The zero-order valence-electron chi connectivity index (χ0n) is 10.6. The van der Waals surface area contributed by atoms with Crippen LogP contribution in [-0.4, -0.2) is 10.4 Å². The van der Waals surface area contributed by atoms with Crippen LogP contribution < -0.4 is 0 Å². The number of hydrogen-bond donors (Lipinski definition) is 0. The van der Waals surface area contributed by atoms with Gasteiger partial charge < -0.3 is 4.57 Å². The molecule has 0 aliphatic carbocycles. The van der Waals surface area contributed by atoms with E-state index in [9.17, 15) is 4.79 Å². The summed E-state index contributed by atoms with van der Waals surface area (Å²) in [5.74, 6) is 0.225. The molecule has 1 aromatic carbocycles. The standard InChI is InChI=1S/C15H19NO/c1-3-4-9-16-11-13(10-12(2)17)14-7-5-6-8-15(14)16/h5-8,11H,3-4,9-10H2,1-2H3. The fraction of sp³-hybridized carbons (Fsp3) is 0.400. The number of hydrogen-bond acceptors (Lipinski definition) is 1. The van der Waals surface area contributed by atoms with Gasteiger partial charge in [-0.2, -0.15) is 0 Å². The number of para-hydroxylation sites is 1. The SMILES string of the molecule is CCCCn1cc(CC(C)=O)c2ccccc21. The molecule has 0 radical (unpaired) electrons. The Labute approximate surface area is 102 Å². The van der Waals surface area contributed by atoms with E-state index < -0.39 is 0 Å². The Kier molecular flexibility index (Phi) is 3.62. The smallest absolute Gasteiger partial charge is 0.134 e. The van der Waals surface area contributed by atoms with E-state index in [4.69, 9.17) is 0 Å². The summed E-state index contributed by atoms with van der Waals surface area (Å²) in [7, 11) is 0. The Balaban J connectivity index is 2.42. The van der Waals surface area contributed by atoms with E-state index in [-0.39, 0.29) is 5.78 Å². The van der Waals surface area contributed by atoms with Gasteiger partial charge in [-0.15, -0.1) is 0 Å². The summed E-state index contributed by atoms with van der Waals surface area (Å²) in [6.45, 7) is 4.88. The molecule has 0 atom stereocenters. The molecule has 0 bridgehead atoms. The summed E-state index contributed by atoms with van der Waals surface area (Å²) >= 11 is 0. The third-order valence-electron chi connectivity index (χ3n) is 3.06. The zero-order valence-corrected chi connectivity index (χ0v) is 10.6. The molecule has 17 heavy (non-hydrogen) atoms. The summed E-state index contributed by atoms with van der Waals surface area (Å²) in [5.41, 5.74) is 2.40. The number of benzene rings is 1. The zero-order chi connectivity index (χ0) is 12.3. The Hall–Kier alpha value is -1.57. The Morgan fingerprint density at radius 3 is 2.76 bits per heavy atom. The van der Waals surface area contributed by atoms with Crippen molar-refractivity contribution in [3.63, 3.8) is 0 Å². The van der Waals surface area contributed by atoms with Crippen LogP contribution in [0.4, 0.5) is 0 Å². The van der Waals surface area contributed by atoms with Crippen LogP contribution in [0.25, 0.3) is 10.9 Å². The molecule has 0 aliphatic heterocycles. The maximum absolute atomic E-state index is 11.3.